The number of hydrogen-bond donors (Lipinski definition) is 2. The van der Waals surface area contributed by atoms with Crippen LogP contribution >= 0.6 is 11.8 Å². The summed E-state index contributed by atoms with van der Waals surface area (Å²) < 4.78 is 12.4. The number of anilines is 1. The number of nitrogens with one attached hydrogen (secondary N) is 1. The number of methoxy groups -OCH3 is 1. The number of aryl methyl sites for hydroxylation is 1. The first-order valence-corrected chi connectivity index (χ1v) is 11.1. The topological polar surface area (TPSA) is 104 Å². The zero-order chi connectivity index (χ0) is 23.2. The van der Waals surface area contributed by atoms with Crippen LogP contribution in [0.25, 0.3) is 11.4 Å². The molecule has 0 spiro atoms. The van der Waals surface area contributed by atoms with Gasteiger partial charge in [0.2, 0.25) is 11.1 Å². The van der Waals surface area contributed by atoms with E-state index >= 15 is 0 Å². The molecule has 0 saturated carbocycles. The molecule has 4 rings (SSSR count). The van der Waals surface area contributed by atoms with E-state index < -0.39 is 0 Å². The number of benzene rings is 3. The highest BCUT2D eigenvalue weighted by molar-refractivity contribution is 7.99. The fraction of sp³-hybridized carbons (Fsp3) is 0.125. The molecule has 1 heterocycles. The largest absolute Gasteiger partial charge is 0.497 e. The van der Waals surface area contributed by atoms with E-state index in [1.165, 1.54) is 16.4 Å². The molecule has 0 unspecified atom stereocenters. The average Bonchev–Trinajstić information content (AvgIpc) is 3.19. The van der Waals surface area contributed by atoms with Crippen molar-refractivity contribution in [1.29, 1.82) is 0 Å². The van der Waals surface area contributed by atoms with Crippen LogP contribution in [0.1, 0.15) is 5.56 Å². The van der Waals surface area contributed by atoms with Crippen LogP contribution in [0.2, 0.25) is 0 Å². The Kier molecular flexibility index (Phi) is 6.80. The monoisotopic (exact) mass is 461 g/mol. The molecular formula is C24H23N5O3S. The maximum Gasteiger partial charge on any atom is 0.234 e. The lowest BCUT2D eigenvalue weighted by molar-refractivity contribution is -0.113. The van der Waals surface area contributed by atoms with Gasteiger partial charge in [-0.1, -0.05) is 23.9 Å². The minimum Gasteiger partial charge on any atom is -0.497 e. The molecule has 1 amide bonds. The summed E-state index contributed by atoms with van der Waals surface area (Å²) in [6, 6.07) is 22.4. The summed E-state index contributed by atoms with van der Waals surface area (Å²) in [6.45, 7) is 2.01. The molecule has 0 radical (unpaired) electrons. The lowest BCUT2D eigenvalue weighted by Gasteiger charge is -2.09. The van der Waals surface area contributed by atoms with Crippen molar-refractivity contribution in [2.24, 2.45) is 0 Å². The normalized spacial score (nSPS) is 10.6. The van der Waals surface area contributed by atoms with E-state index in [9.17, 15) is 4.79 Å². The van der Waals surface area contributed by atoms with Crippen LogP contribution in [-0.4, -0.2) is 33.6 Å². The Morgan fingerprint density at radius 2 is 1.73 bits per heavy atom. The molecule has 0 aliphatic carbocycles. The fourth-order valence-electron chi connectivity index (χ4n) is 3.06. The van der Waals surface area contributed by atoms with E-state index in [2.05, 4.69) is 15.5 Å². The first-order valence-electron chi connectivity index (χ1n) is 10.1. The summed E-state index contributed by atoms with van der Waals surface area (Å²) in [6.07, 6.45) is 0. The van der Waals surface area contributed by atoms with E-state index in [4.69, 9.17) is 15.3 Å². The van der Waals surface area contributed by atoms with Crippen molar-refractivity contribution in [2.45, 2.75) is 12.1 Å². The predicted octanol–water partition coefficient (Wildman–Crippen LogP) is 4.50. The third kappa shape index (κ3) is 5.64. The number of rotatable bonds is 8. The summed E-state index contributed by atoms with van der Waals surface area (Å²) in [7, 11) is 1.61. The minimum absolute atomic E-state index is 0.138. The number of hydrogen-bond acceptors (Lipinski definition) is 7. The van der Waals surface area contributed by atoms with Crippen molar-refractivity contribution in [3.63, 3.8) is 0 Å². The van der Waals surface area contributed by atoms with Gasteiger partial charge in [0.25, 0.3) is 0 Å². The number of carbonyl (C=O) groups excluding carboxylic acids is 1. The summed E-state index contributed by atoms with van der Waals surface area (Å²) in [5.41, 5.74) is 2.60. The van der Waals surface area contributed by atoms with Crippen LogP contribution in [0, 0.1) is 6.92 Å². The van der Waals surface area contributed by atoms with Crippen molar-refractivity contribution >= 4 is 23.4 Å². The first-order chi connectivity index (χ1) is 16.0. The maximum atomic E-state index is 12.4. The fourth-order valence-corrected chi connectivity index (χ4v) is 3.72. The third-order valence-corrected chi connectivity index (χ3v) is 5.65. The Balaban J connectivity index is 1.31. The SMILES string of the molecule is COc1ccc(-c2nnc(SCC(=O)Nc3ccc(Oc4cccc(C)c4)cc3)n2N)cc1. The molecule has 33 heavy (non-hydrogen) atoms. The average molecular weight is 462 g/mol. The Morgan fingerprint density at radius 1 is 1.00 bits per heavy atom. The van der Waals surface area contributed by atoms with E-state index in [1.807, 2.05) is 67.6 Å². The Hall–Kier alpha value is -3.98. The maximum absolute atomic E-state index is 12.4. The quantitative estimate of drug-likeness (QED) is 0.294. The van der Waals surface area contributed by atoms with E-state index in [-0.39, 0.29) is 11.7 Å². The van der Waals surface area contributed by atoms with Crippen molar-refractivity contribution in [3.8, 4) is 28.6 Å². The predicted molar refractivity (Wildman–Crippen MR) is 129 cm³/mol. The number of nitrogens with two attached hydrogens (primary N) is 1. The van der Waals surface area contributed by atoms with Gasteiger partial charge in [-0.3, -0.25) is 4.79 Å². The highest BCUT2D eigenvalue weighted by atomic mass is 32.2. The molecular weight excluding hydrogens is 438 g/mol. The summed E-state index contributed by atoms with van der Waals surface area (Å²) in [4.78, 5) is 12.4. The van der Waals surface area contributed by atoms with Crippen molar-refractivity contribution in [2.75, 3.05) is 24.0 Å². The van der Waals surface area contributed by atoms with Gasteiger partial charge in [0.1, 0.15) is 17.2 Å². The van der Waals surface area contributed by atoms with Crippen LogP contribution in [0.5, 0.6) is 17.2 Å². The summed E-state index contributed by atoms with van der Waals surface area (Å²) in [5.74, 6) is 8.79. The molecule has 0 atom stereocenters. The minimum atomic E-state index is -0.179. The lowest BCUT2D eigenvalue weighted by atomic mass is 10.2. The van der Waals surface area contributed by atoms with E-state index in [0.29, 0.717) is 22.4 Å². The molecule has 1 aromatic heterocycles. The number of aromatic nitrogens is 3. The van der Waals surface area contributed by atoms with Gasteiger partial charge in [0.05, 0.1) is 12.9 Å². The number of amides is 1. The van der Waals surface area contributed by atoms with Gasteiger partial charge in [0, 0.05) is 11.3 Å². The van der Waals surface area contributed by atoms with Gasteiger partial charge in [0.15, 0.2) is 5.82 Å². The van der Waals surface area contributed by atoms with Crippen LogP contribution in [0.3, 0.4) is 0 Å². The van der Waals surface area contributed by atoms with Gasteiger partial charge in [-0.05, 0) is 73.2 Å². The Bertz CT molecular complexity index is 1240. The molecule has 8 nitrogen and oxygen atoms in total. The van der Waals surface area contributed by atoms with Crippen molar-refractivity contribution < 1.29 is 14.3 Å². The van der Waals surface area contributed by atoms with Crippen LogP contribution < -0.4 is 20.6 Å². The van der Waals surface area contributed by atoms with Gasteiger partial charge < -0.3 is 20.6 Å². The van der Waals surface area contributed by atoms with Crippen LogP contribution in [0.4, 0.5) is 5.69 Å². The second-order valence-corrected chi connectivity index (χ2v) is 8.13. The first kappa shape index (κ1) is 22.2. The molecule has 3 N–H and O–H groups in total. The van der Waals surface area contributed by atoms with Crippen LogP contribution in [0.15, 0.2) is 78.0 Å². The third-order valence-electron chi connectivity index (χ3n) is 4.71. The summed E-state index contributed by atoms with van der Waals surface area (Å²) >= 11 is 1.21. The number of carbonyl (C=O) groups is 1. The second-order valence-electron chi connectivity index (χ2n) is 7.18. The van der Waals surface area contributed by atoms with Gasteiger partial charge in [-0.2, -0.15) is 0 Å². The Labute approximate surface area is 195 Å². The number of nitrogens with zero attached hydrogens (tertiary/aromatic N) is 3. The molecule has 3 aromatic carbocycles. The lowest BCUT2D eigenvalue weighted by Crippen LogP contribution is -2.16. The van der Waals surface area contributed by atoms with Crippen molar-refractivity contribution in [3.05, 3.63) is 78.4 Å². The van der Waals surface area contributed by atoms with Crippen LogP contribution in [-0.2, 0) is 4.79 Å². The molecule has 9 heteroatoms. The molecule has 0 aliphatic heterocycles. The van der Waals surface area contributed by atoms with Gasteiger partial charge in [-0.15, -0.1) is 10.2 Å². The van der Waals surface area contributed by atoms with Gasteiger partial charge in [-0.25, -0.2) is 4.68 Å². The molecule has 0 saturated heterocycles. The molecule has 0 fully saturated rings. The molecule has 4 aromatic rings. The highest BCUT2D eigenvalue weighted by Gasteiger charge is 2.14. The second kappa shape index (κ2) is 10.1. The zero-order valence-electron chi connectivity index (χ0n) is 18.2. The summed E-state index contributed by atoms with van der Waals surface area (Å²) in [5, 5.41) is 11.5. The number of ether oxygens (including phenoxy) is 2. The zero-order valence-corrected chi connectivity index (χ0v) is 19.0. The van der Waals surface area contributed by atoms with Gasteiger partial charge >= 0.3 is 0 Å². The number of nitrogen functional groups attached to an aromatic ring is 1. The smallest absolute Gasteiger partial charge is 0.234 e. The molecule has 0 aliphatic rings. The highest BCUT2D eigenvalue weighted by Crippen LogP contribution is 2.25. The van der Waals surface area contributed by atoms with E-state index in [1.54, 1.807) is 19.2 Å². The van der Waals surface area contributed by atoms with Crippen molar-refractivity contribution in [1.82, 2.24) is 14.9 Å². The van der Waals surface area contributed by atoms with E-state index in [0.717, 1.165) is 22.6 Å². The molecule has 168 valence electrons. The Morgan fingerprint density at radius 3 is 2.42 bits per heavy atom. The standard InChI is InChI=1S/C24H23N5O3S/c1-16-4-3-5-21(14-16)32-20-12-8-18(9-13-20)26-22(30)15-33-24-28-27-23(29(24)25)17-6-10-19(31-2)11-7-17/h3-14H,15,25H2,1-2H3,(H,26,30). The number of thioether (sulfide) groups is 1. The molecule has 0 bridgehead atoms.